The zero-order chi connectivity index (χ0) is 81.8. The molecule has 0 N–H and O–H groups in total. The Morgan fingerprint density at radius 2 is 0.730 bits per heavy atom. The van der Waals surface area contributed by atoms with Gasteiger partial charge in [-0.25, -0.2) is 19.2 Å². The number of nitrogens with zero attached hydrogens (tertiary/aromatic N) is 2. The first-order valence-electron chi connectivity index (χ1n) is 35.2. The molecule has 0 radical (unpaired) electrons. The number of methoxy groups -OCH3 is 4. The molecule has 0 unspecified atom stereocenters. The SMILES string of the molecule is CC(C)(C)c1ccc2c(c1)S/C(=C\C(=O)/C=C1/Sc3ccc(C(C)(C)C)cc3S1)S2.CN1/C(=C/C(=O)/C=C2\C=Cc3ccccc3N2C)Sc2ccc3ccccc3c21.COC(=O)C1=C(C(=O)OC)SC(=CC(=O)C=C2SC(C(=O)OC)=C(C(=O)OC)S2)S1.O=C(/C=C1/SC=C(c2ccccc2)S1)/C=C1/SC=C(c2ccccc2)S1. The number of fused-ring (bicyclic) bond motifs is 6. The molecule has 8 aliphatic heterocycles. The molecule has 0 saturated carbocycles. The maximum atomic E-state index is 12.8. The van der Waals surface area contributed by atoms with Gasteiger partial charge < -0.3 is 28.7 Å². The second kappa shape index (κ2) is 39.1. The van der Waals surface area contributed by atoms with Crippen LogP contribution in [0.3, 0.4) is 0 Å². The van der Waals surface area contributed by atoms with Crippen molar-refractivity contribution in [3.8, 4) is 0 Å². The molecule has 14 nitrogen and oxygen atoms in total. The van der Waals surface area contributed by atoms with Crippen LogP contribution in [-0.2, 0) is 68.1 Å². The first-order valence-corrected chi connectivity index (χ1v) is 46.0. The summed E-state index contributed by atoms with van der Waals surface area (Å²) in [6, 6.07) is 54.7. The van der Waals surface area contributed by atoms with Crippen LogP contribution in [0.15, 0.2) is 303 Å². The predicted octanol–water partition coefficient (Wildman–Crippen LogP) is 24.0. The summed E-state index contributed by atoms with van der Waals surface area (Å²) in [5.74, 6) is -3.28. The first-order chi connectivity index (χ1) is 55.1. The van der Waals surface area contributed by atoms with E-state index in [1.165, 1.54) is 114 Å². The van der Waals surface area contributed by atoms with Crippen molar-refractivity contribution < 1.29 is 57.3 Å². The quantitative estimate of drug-likeness (QED) is 0.0569. The van der Waals surface area contributed by atoms with E-state index in [2.05, 4.69) is 196 Å². The summed E-state index contributed by atoms with van der Waals surface area (Å²) < 4.78 is 23.5. The maximum absolute atomic E-state index is 12.8. The van der Waals surface area contributed by atoms with Crippen molar-refractivity contribution in [2.75, 3.05) is 52.3 Å². The Bertz CT molecular complexity index is 5280. The molecule has 7 aromatic carbocycles. The summed E-state index contributed by atoms with van der Waals surface area (Å²) >= 11 is 18.6. The lowest BCUT2D eigenvalue weighted by molar-refractivity contribution is -0.138. The van der Waals surface area contributed by atoms with Gasteiger partial charge >= 0.3 is 23.9 Å². The Kier molecular flexibility index (Phi) is 29.4. The molecular weight excluding hydrogens is 1690 g/mol. The highest BCUT2D eigenvalue weighted by Crippen LogP contribution is 2.57. The minimum Gasteiger partial charge on any atom is -0.465 e. The largest absolute Gasteiger partial charge is 0.465 e. The van der Waals surface area contributed by atoms with E-state index in [1.807, 2.05) is 68.7 Å². The maximum Gasteiger partial charge on any atom is 0.346 e. The van der Waals surface area contributed by atoms with Crippen molar-refractivity contribution in [1.29, 1.82) is 0 Å². The molecule has 7 aromatic rings. The molecule has 0 amide bonds. The van der Waals surface area contributed by atoms with Gasteiger partial charge in [-0.05, 0) is 97.3 Å². The van der Waals surface area contributed by atoms with Gasteiger partial charge in [-0.15, -0.1) is 0 Å². The smallest absolute Gasteiger partial charge is 0.346 e. The monoisotopic (exact) mass is 1770 g/mol. The van der Waals surface area contributed by atoms with Crippen molar-refractivity contribution in [1.82, 2.24) is 0 Å². The molecule has 0 aromatic heterocycles. The van der Waals surface area contributed by atoms with Gasteiger partial charge in [0.2, 0.25) is 0 Å². The topological polar surface area (TPSA) is 180 Å². The van der Waals surface area contributed by atoms with Gasteiger partial charge in [0.25, 0.3) is 0 Å². The zero-order valence-corrected chi connectivity index (χ0v) is 74.7. The minimum atomic E-state index is -0.723. The molecule has 0 aliphatic carbocycles. The fourth-order valence-electron chi connectivity index (χ4n) is 11.4. The van der Waals surface area contributed by atoms with Gasteiger partial charge in [-0.3, -0.25) is 19.2 Å². The summed E-state index contributed by atoms with van der Waals surface area (Å²) in [5.41, 5.74) is 9.63. The Morgan fingerprint density at radius 3 is 1.17 bits per heavy atom. The zero-order valence-electron chi connectivity index (χ0n) is 64.0. The second-order valence-electron chi connectivity index (χ2n) is 27.2. The van der Waals surface area contributed by atoms with Crippen LogP contribution in [0.25, 0.3) is 26.7 Å². The third kappa shape index (κ3) is 22.1. The van der Waals surface area contributed by atoms with Crippen LogP contribution in [0.4, 0.5) is 11.4 Å². The lowest BCUT2D eigenvalue weighted by Gasteiger charge is -2.26. The lowest BCUT2D eigenvalue weighted by Crippen LogP contribution is -2.19. The Hall–Kier alpha value is -7.87. The molecule has 586 valence electrons. The summed E-state index contributed by atoms with van der Waals surface area (Å²) in [4.78, 5) is 111. The number of carbonyl (C=O) groups excluding carboxylic acids is 8. The van der Waals surface area contributed by atoms with Crippen molar-refractivity contribution in [2.24, 2.45) is 0 Å². The number of anilines is 2. The highest BCUT2D eigenvalue weighted by atomic mass is 32.2. The van der Waals surface area contributed by atoms with Gasteiger partial charge in [-0.2, -0.15) is 0 Å². The number of benzene rings is 7. The Balaban J connectivity index is 0.000000142. The van der Waals surface area contributed by atoms with Crippen LogP contribution in [-0.4, -0.2) is 89.5 Å². The van der Waals surface area contributed by atoms with Crippen LogP contribution >= 0.6 is 153 Å². The van der Waals surface area contributed by atoms with Crippen molar-refractivity contribution in [2.45, 2.75) is 76.8 Å². The van der Waals surface area contributed by atoms with Gasteiger partial charge in [0, 0.05) is 114 Å². The molecule has 0 bridgehead atoms. The number of ether oxygens (including phenoxy) is 4. The third-order valence-electron chi connectivity index (χ3n) is 17.2. The number of hydrogen-bond acceptors (Lipinski definition) is 27. The van der Waals surface area contributed by atoms with Crippen LogP contribution in [0.5, 0.6) is 0 Å². The number of likely N-dealkylation sites (N-methyl/N-ethyl adjacent to an activating group) is 1. The molecule has 0 atom stereocenters. The average molecular weight is 1770 g/mol. The molecule has 27 heteroatoms. The number of ketones is 4. The number of hydrogen-bond donors (Lipinski definition) is 0. The third-order valence-corrected chi connectivity index (χ3v) is 32.6. The van der Waals surface area contributed by atoms with Gasteiger partial charge in [0.15, 0.2) is 23.1 Å². The fourth-order valence-corrected chi connectivity index (χ4v) is 26.2. The number of esters is 4. The van der Waals surface area contributed by atoms with E-state index in [-0.39, 0.29) is 47.8 Å². The summed E-state index contributed by atoms with van der Waals surface area (Å²) in [6.07, 6.45) is 16.9. The fraction of sp³-hybridized carbons (Fsp3) is 0.159. The van der Waals surface area contributed by atoms with Crippen molar-refractivity contribution in [3.05, 3.63) is 307 Å². The van der Waals surface area contributed by atoms with E-state index >= 15 is 0 Å². The molecular formula is C88H74N2O12S13. The molecule has 0 spiro atoms. The standard InChI is InChI=1S/C25H20N2OS.C25H26OS4.C21H14OS4.C17H14O9S4/c1-26-19(13-11-18-8-4-6-10-22(18)26)15-20(28)16-24-27(2)25-21-9-5-3-7-17(21)12-14-23(25)29-24;1-24(2,3)15-7-9-18-20(11-15)29-22(27-18)13-17(26)14-23-28-19-10-8-16(25(4,5)6)12-21(19)30-23;22-17(11-20-23-13-18(25-20)15-7-3-1-4-8-15)12-21-24-14-19(26-21)16-9-5-2-6-10-16;1-23-14(19)10-11(15(20)24-2)28-8(27-10)5-7(18)6-9-29-12(16(21)25-3)13(30-9)17(22)26-4/h3-16H,1-2H3;7-14H,1-6H3;1-14H;5-6H,1-4H3/b19-15+,24-16-;22-13-,23-14-;20-11-,21-12-;. The highest BCUT2D eigenvalue weighted by Gasteiger charge is 2.36. The van der Waals surface area contributed by atoms with E-state index in [0.717, 1.165) is 86.0 Å². The molecule has 8 aliphatic rings. The number of rotatable bonds is 14. The predicted molar refractivity (Wildman–Crippen MR) is 492 cm³/mol. The molecule has 0 saturated heterocycles. The van der Waals surface area contributed by atoms with E-state index in [1.54, 1.807) is 142 Å². The van der Waals surface area contributed by atoms with E-state index in [0.29, 0.717) is 8.47 Å². The number of carbonyl (C=O) groups is 8. The van der Waals surface area contributed by atoms with Crippen LogP contribution in [0.1, 0.15) is 69.4 Å². The molecule has 8 heterocycles. The number of allylic oxidation sites excluding steroid dienone is 9. The average Bonchev–Trinajstić information content (AvgIpc) is 1.63. The number of thioether (sulfide) groups is 13. The summed E-state index contributed by atoms with van der Waals surface area (Å²) in [6.45, 7) is 13.4. The molecule has 115 heavy (non-hydrogen) atoms. The van der Waals surface area contributed by atoms with E-state index in [9.17, 15) is 38.4 Å². The Morgan fingerprint density at radius 1 is 0.348 bits per heavy atom. The van der Waals surface area contributed by atoms with Gasteiger partial charge in [-0.1, -0.05) is 322 Å². The summed E-state index contributed by atoms with van der Waals surface area (Å²) in [5, 5.41) is 7.59. The van der Waals surface area contributed by atoms with Gasteiger partial charge in [0.05, 0.1) is 64.6 Å². The first kappa shape index (κ1) is 86.5. The Labute approximate surface area is 724 Å². The minimum absolute atomic E-state index is 0.0117. The van der Waals surface area contributed by atoms with E-state index in [4.69, 9.17) is 0 Å². The van der Waals surface area contributed by atoms with Crippen molar-refractivity contribution in [3.63, 3.8) is 0 Å². The van der Waals surface area contributed by atoms with Crippen LogP contribution < -0.4 is 9.80 Å². The lowest BCUT2D eigenvalue weighted by atomic mass is 9.87. The van der Waals surface area contributed by atoms with Gasteiger partial charge in [0.1, 0.15) is 19.6 Å². The number of para-hydroxylation sites is 1. The normalized spacial score (nSPS) is 17.9. The van der Waals surface area contributed by atoms with Crippen molar-refractivity contribution >= 4 is 238 Å². The summed E-state index contributed by atoms with van der Waals surface area (Å²) in [7, 11) is 8.71. The second-order valence-corrected chi connectivity index (χ2v) is 42.4. The van der Waals surface area contributed by atoms with Crippen LogP contribution in [0, 0.1) is 0 Å². The van der Waals surface area contributed by atoms with E-state index < -0.39 is 29.7 Å². The molecule has 15 rings (SSSR count). The molecule has 0 fully saturated rings. The van der Waals surface area contributed by atoms with Crippen LogP contribution in [0.2, 0.25) is 0 Å². The highest BCUT2D eigenvalue weighted by molar-refractivity contribution is 8.32.